The van der Waals surface area contributed by atoms with Crippen LogP contribution in [0.25, 0.3) is 10.9 Å². The largest absolute Gasteiger partial charge is 0.375 e. The van der Waals surface area contributed by atoms with E-state index in [1.54, 1.807) is 12.3 Å². The molecule has 2 aromatic heterocycles. The summed E-state index contributed by atoms with van der Waals surface area (Å²) >= 11 is 0. The van der Waals surface area contributed by atoms with E-state index < -0.39 is 0 Å². The molecule has 0 radical (unpaired) electrons. The topological polar surface area (TPSA) is 62.8 Å². The highest BCUT2D eigenvalue weighted by Gasteiger charge is 2.24. The molecule has 1 aliphatic rings. The van der Waals surface area contributed by atoms with Crippen LogP contribution < -0.4 is 5.32 Å². The number of hydrogen-bond donors (Lipinski definition) is 2. The third-order valence-corrected chi connectivity index (χ3v) is 5.27. The van der Waals surface area contributed by atoms with Gasteiger partial charge < -0.3 is 10.1 Å². The maximum absolute atomic E-state index is 13.8. The predicted molar refractivity (Wildman–Crippen MR) is 104 cm³/mol. The summed E-state index contributed by atoms with van der Waals surface area (Å²) in [5, 5.41) is 11.6. The number of benzene rings is 1. The molecule has 0 saturated heterocycles. The molecule has 6 heteroatoms. The summed E-state index contributed by atoms with van der Waals surface area (Å²) in [5.74, 6) is 0.736. The van der Waals surface area contributed by atoms with E-state index in [2.05, 4.69) is 20.5 Å². The molecule has 1 unspecified atom stereocenters. The number of aromatic nitrogens is 3. The SMILES string of the molecule is CC(Cc1ccccc1F)OC1CCC(Nc2nccc3[nH]ncc23)CC1. The van der Waals surface area contributed by atoms with E-state index in [1.165, 1.54) is 6.07 Å². The predicted octanol–water partition coefficient (Wildman–Crippen LogP) is 4.47. The van der Waals surface area contributed by atoms with E-state index in [1.807, 2.05) is 31.3 Å². The molecule has 0 amide bonds. The first-order valence-electron chi connectivity index (χ1n) is 9.62. The molecular formula is C21H25FN4O. The molecule has 142 valence electrons. The first kappa shape index (κ1) is 17.9. The van der Waals surface area contributed by atoms with E-state index in [0.29, 0.717) is 12.5 Å². The first-order chi connectivity index (χ1) is 13.2. The van der Waals surface area contributed by atoms with Crippen molar-refractivity contribution in [2.45, 2.75) is 57.3 Å². The number of anilines is 1. The normalized spacial score (nSPS) is 21.3. The monoisotopic (exact) mass is 368 g/mol. The second kappa shape index (κ2) is 8.05. The second-order valence-electron chi connectivity index (χ2n) is 7.35. The van der Waals surface area contributed by atoms with Gasteiger partial charge in [0.2, 0.25) is 0 Å². The van der Waals surface area contributed by atoms with Crippen LogP contribution in [0, 0.1) is 5.82 Å². The zero-order valence-electron chi connectivity index (χ0n) is 15.5. The van der Waals surface area contributed by atoms with Gasteiger partial charge in [0.15, 0.2) is 0 Å². The van der Waals surface area contributed by atoms with Gasteiger partial charge in [0, 0.05) is 18.7 Å². The van der Waals surface area contributed by atoms with E-state index >= 15 is 0 Å². The maximum atomic E-state index is 13.8. The molecule has 4 rings (SSSR count). The Morgan fingerprint density at radius 2 is 2.04 bits per heavy atom. The highest BCUT2D eigenvalue weighted by molar-refractivity contribution is 5.88. The van der Waals surface area contributed by atoms with Crippen molar-refractivity contribution in [3.63, 3.8) is 0 Å². The smallest absolute Gasteiger partial charge is 0.137 e. The maximum Gasteiger partial charge on any atom is 0.137 e. The molecular weight excluding hydrogens is 343 g/mol. The number of nitrogens with one attached hydrogen (secondary N) is 2. The van der Waals surface area contributed by atoms with Gasteiger partial charge in [0.1, 0.15) is 11.6 Å². The van der Waals surface area contributed by atoms with Crippen molar-refractivity contribution < 1.29 is 9.13 Å². The van der Waals surface area contributed by atoms with E-state index in [4.69, 9.17) is 4.74 Å². The molecule has 1 aromatic carbocycles. The number of fused-ring (bicyclic) bond motifs is 1. The zero-order valence-corrected chi connectivity index (χ0v) is 15.5. The van der Waals surface area contributed by atoms with Gasteiger partial charge in [-0.3, -0.25) is 5.10 Å². The fourth-order valence-electron chi connectivity index (χ4n) is 3.87. The van der Waals surface area contributed by atoms with Crippen LogP contribution in [0.4, 0.5) is 10.2 Å². The number of rotatable bonds is 6. The fourth-order valence-corrected chi connectivity index (χ4v) is 3.87. The average molecular weight is 368 g/mol. The Labute approximate surface area is 158 Å². The Morgan fingerprint density at radius 3 is 2.85 bits per heavy atom. The minimum absolute atomic E-state index is 0.0118. The molecule has 0 bridgehead atoms. The Bertz CT molecular complexity index is 889. The van der Waals surface area contributed by atoms with Crippen molar-refractivity contribution in [3.05, 3.63) is 54.1 Å². The standard InChI is InChI=1S/C21H25FN4O/c1-14(12-15-4-2-3-5-19(15)22)27-17-8-6-16(7-9-17)25-21-18-13-24-26-20(18)10-11-23-21/h2-5,10-11,13-14,16-17H,6-9,12H2,1H3,(H,23,25)(H,24,26). The lowest BCUT2D eigenvalue weighted by Gasteiger charge is -2.31. The van der Waals surface area contributed by atoms with Gasteiger partial charge >= 0.3 is 0 Å². The molecule has 1 saturated carbocycles. The van der Waals surface area contributed by atoms with Gasteiger partial charge in [-0.15, -0.1) is 0 Å². The summed E-state index contributed by atoms with van der Waals surface area (Å²) in [6.45, 7) is 2.03. The van der Waals surface area contributed by atoms with Gasteiger partial charge in [-0.1, -0.05) is 18.2 Å². The molecule has 0 spiro atoms. The lowest BCUT2D eigenvalue weighted by atomic mass is 9.92. The van der Waals surface area contributed by atoms with Crippen LogP contribution in [0.1, 0.15) is 38.2 Å². The summed E-state index contributed by atoms with van der Waals surface area (Å²) in [6.07, 6.45) is 8.53. The van der Waals surface area contributed by atoms with Gasteiger partial charge in [-0.2, -0.15) is 5.10 Å². The second-order valence-corrected chi connectivity index (χ2v) is 7.35. The van der Waals surface area contributed by atoms with Gasteiger partial charge in [0.05, 0.1) is 29.3 Å². The summed E-state index contributed by atoms with van der Waals surface area (Å²) in [7, 11) is 0. The van der Waals surface area contributed by atoms with Crippen LogP contribution in [0.3, 0.4) is 0 Å². The van der Waals surface area contributed by atoms with E-state index in [-0.39, 0.29) is 18.0 Å². The van der Waals surface area contributed by atoms with E-state index in [0.717, 1.165) is 48.0 Å². The average Bonchev–Trinajstić information content (AvgIpc) is 3.15. The third-order valence-electron chi connectivity index (χ3n) is 5.27. The summed E-state index contributed by atoms with van der Waals surface area (Å²) in [6, 6.07) is 9.25. The van der Waals surface area contributed by atoms with Crippen LogP contribution in [-0.4, -0.2) is 33.4 Å². The number of pyridine rings is 1. The van der Waals surface area contributed by atoms with Crippen LogP contribution >= 0.6 is 0 Å². The number of halogens is 1. The molecule has 2 N–H and O–H groups in total. The van der Waals surface area contributed by atoms with Gasteiger partial charge in [0.25, 0.3) is 0 Å². The van der Waals surface area contributed by atoms with Crippen molar-refractivity contribution in [2.24, 2.45) is 0 Å². The van der Waals surface area contributed by atoms with Crippen molar-refractivity contribution in [1.82, 2.24) is 15.2 Å². The molecule has 27 heavy (non-hydrogen) atoms. The number of aromatic amines is 1. The highest BCUT2D eigenvalue weighted by Crippen LogP contribution is 2.27. The van der Waals surface area contributed by atoms with Crippen molar-refractivity contribution in [1.29, 1.82) is 0 Å². The van der Waals surface area contributed by atoms with Crippen LogP contribution in [0.5, 0.6) is 0 Å². The molecule has 1 aliphatic carbocycles. The minimum atomic E-state index is -0.151. The third kappa shape index (κ3) is 4.27. The summed E-state index contributed by atoms with van der Waals surface area (Å²) in [4.78, 5) is 4.46. The molecule has 2 heterocycles. The van der Waals surface area contributed by atoms with E-state index in [9.17, 15) is 4.39 Å². The Morgan fingerprint density at radius 1 is 1.22 bits per heavy atom. The van der Waals surface area contributed by atoms with Crippen LogP contribution in [0.15, 0.2) is 42.7 Å². The molecule has 3 aromatic rings. The Hall–Kier alpha value is -2.47. The lowest BCUT2D eigenvalue weighted by Crippen LogP contribution is -2.32. The minimum Gasteiger partial charge on any atom is -0.375 e. The van der Waals surface area contributed by atoms with Crippen molar-refractivity contribution in [3.8, 4) is 0 Å². The summed E-state index contributed by atoms with van der Waals surface area (Å²) in [5.41, 5.74) is 1.71. The number of nitrogens with zero attached hydrogens (tertiary/aromatic N) is 2. The summed E-state index contributed by atoms with van der Waals surface area (Å²) < 4.78 is 20.0. The number of H-pyrrole nitrogens is 1. The molecule has 0 aliphatic heterocycles. The fraction of sp³-hybridized carbons (Fsp3) is 0.429. The molecule has 1 fully saturated rings. The molecule has 5 nitrogen and oxygen atoms in total. The lowest BCUT2D eigenvalue weighted by molar-refractivity contribution is -0.0219. The van der Waals surface area contributed by atoms with Gasteiger partial charge in [-0.25, -0.2) is 9.37 Å². The Kier molecular flexibility index (Phi) is 5.34. The van der Waals surface area contributed by atoms with Crippen molar-refractivity contribution in [2.75, 3.05) is 5.32 Å². The van der Waals surface area contributed by atoms with Crippen LogP contribution in [0.2, 0.25) is 0 Å². The molecule has 1 atom stereocenters. The first-order valence-corrected chi connectivity index (χ1v) is 9.62. The van der Waals surface area contributed by atoms with Crippen molar-refractivity contribution >= 4 is 16.7 Å². The highest BCUT2D eigenvalue weighted by atomic mass is 19.1. The number of ether oxygens (including phenoxy) is 1. The quantitative estimate of drug-likeness (QED) is 0.674. The van der Waals surface area contributed by atoms with Crippen LogP contribution in [-0.2, 0) is 11.2 Å². The van der Waals surface area contributed by atoms with Gasteiger partial charge in [-0.05, 0) is 50.3 Å². The Balaban J connectivity index is 1.27. The zero-order chi connectivity index (χ0) is 18.6. The number of hydrogen-bond acceptors (Lipinski definition) is 4.